The van der Waals surface area contributed by atoms with Crippen LogP contribution in [0.4, 0.5) is 0 Å². The minimum atomic E-state index is -0.442. The molecule has 3 heterocycles. The van der Waals surface area contributed by atoms with E-state index in [9.17, 15) is 9.59 Å². The van der Waals surface area contributed by atoms with Crippen LogP contribution in [-0.4, -0.2) is 47.8 Å². The van der Waals surface area contributed by atoms with E-state index in [1.54, 1.807) is 35.8 Å². The molecule has 0 spiro atoms. The highest BCUT2D eigenvalue weighted by Crippen LogP contribution is 2.19. The summed E-state index contributed by atoms with van der Waals surface area (Å²) in [6.07, 6.45) is 3.48. The van der Waals surface area contributed by atoms with Crippen LogP contribution in [0.25, 0.3) is 0 Å². The predicted molar refractivity (Wildman–Crippen MR) is 96.1 cm³/mol. The lowest BCUT2D eigenvalue weighted by atomic mass is 10.1. The second-order valence-electron chi connectivity index (χ2n) is 6.39. The molecule has 1 saturated heterocycles. The van der Waals surface area contributed by atoms with Crippen LogP contribution in [0.2, 0.25) is 0 Å². The molecule has 2 amide bonds. The molecular formula is C18H23N3O3S. The molecule has 1 unspecified atom stereocenters. The summed E-state index contributed by atoms with van der Waals surface area (Å²) in [4.78, 5) is 29.9. The fraction of sp³-hybridized carbons (Fsp3) is 0.444. The van der Waals surface area contributed by atoms with Gasteiger partial charge in [0.1, 0.15) is 0 Å². The highest BCUT2D eigenvalue weighted by Gasteiger charge is 2.32. The van der Waals surface area contributed by atoms with Crippen LogP contribution in [0.15, 0.2) is 34.5 Å². The number of thiophene rings is 1. The zero-order valence-electron chi connectivity index (χ0n) is 14.5. The van der Waals surface area contributed by atoms with Gasteiger partial charge in [-0.15, -0.1) is 11.3 Å². The Morgan fingerprint density at radius 3 is 3.00 bits per heavy atom. The number of rotatable bonds is 6. The minimum Gasteiger partial charge on any atom is -0.472 e. The van der Waals surface area contributed by atoms with E-state index in [2.05, 4.69) is 11.4 Å². The second kappa shape index (κ2) is 7.84. The number of nitrogens with zero attached hydrogens (tertiary/aromatic N) is 2. The summed E-state index contributed by atoms with van der Waals surface area (Å²) in [6.45, 7) is 4.56. The van der Waals surface area contributed by atoms with Crippen molar-refractivity contribution in [2.45, 2.75) is 32.5 Å². The maximum Gasteiger partial charge on any atom is 0.237 e. The molecule has 1 N–H and O–H groups in total. The molecule has 1 aliphatic rings. The van der Waals surface area contributed by atoms with Crippen molar-refractivity contribution < 1.29 is 14.0 Å². The van der Waals surface area contributed by atoms with Crippen LogP contribution >= 0.6 is 11.3 Å². The molecule has 25 heavy (non-hydrogen) atoms. The van der Waals surface area contributed by atoms with Crippen LogP contribution in [0.5, 0.6) is 0 Å². The molecule has 3 rings (SSSR count). The van der Waals surface area contributed by atoms with Gasteiger partial charge in [0.15, 0.2) is 0 Å². The van der Waals surface area contributed by atoms with Gasteiger partial charge < -0.3 is 14.6 Å². The lowest BCUT2D eigenvalue weighted by Gasteiger charge is -2.35. The topological polar surface area (TPSA) is 65.8 Å². The first-order valence-corrected chi connectivity index (χ1v) is 9.22. The Morgan fingerprint density at radius 2 is 2.32 bits per heavy atom. The zero-order chi connectivity index (χ0) is 17.8. The van der Waals surface area contributed by atoms with E-state index in [0.717, 1.165) is 12.1 Å². The van der Waals surface area contributed by atoms with Crippen molar-refractivity contribution in [1.82, 2.24) is 15.1 Å². The Labute approximate surface area is 151 Å². The van der Waals surface area contributed by atoms with Gasteiger partial charge in [0, 0.05) is 37.1 Å². The highest BCUT2D eigenvalue weighted by molar-refractivity contribution is 7.10. The van der Waals surface area contributed by atoms with Crippen molar-refractivity contribution in [3.05, 3.63) is 46.0 Å². The van der Waals surface area contributed by atoms with Gasteiger partial charge in [0.25, 0.3) is 0 Å². The van der Waals surface area contributed by atoms with Gasteiger partial charge in [0.2, 0.25) is 11.8 Å². The third kappa shape index (κ3) is 4.29. The summed E-state index contributed by atoms with van der Waals surface area (Å²) < 4.78 is 5.11. The molecular weight excluding hydrogens is 338 g/mol. The van der Waals surface area contributed by atoms with Gasteiger partial charge in [-0.1, -0.05) is 0 Å². The third-order valence-electron chi connectivity index (χ3n) is 4.55. The summed E-state index contributed by atoms with van der Waals surface area (Å²) in [5, 5.41) is 4.90. The third-order valence-corrected chi connectivity index (χ3v) is 5.56. The van der Waals surface area contributed by atoms with Crippen LogP contribution < -0.4 is 5.32 Å². The Hall–Kier alpha value is -2.12. The number of nitrogens with one attached hydrogen (secondary N) is 1. The van der Waals surface area contributed by atoms with E-state index >= 15 is 0 Å². The van der Waals surface area contributed by atoms with Gasteiger partial charge in [-0.2, -0.15) is 0 Å². The van der Waals surface area contributed by atoms with E-state index in [4.69, 9.17) is 4.42 Å². The van der Waals surface area contributed by atoms with Gasteiger partial charge in [0.05, 0.1) is 31.5 Å². The monoisotopic (exact) mass is 361 g/mol. The largest absolute Gasteiger partial charge is 0.472 e. The first kappa shape index (κ1) is 17.7. The predicted octanol–water partition coefficient (Wildman–Crippen LogP) is 2.00. The van der Waals surface area contributed by atoms with Crippen LogP contribution in [0.3, 0.4) is 0 Å². The number of aryl methyl sites for hydroxylation is 1. The number of furan rings is 1. The smallest absolute Gasteiger partial charge is 0.237 e. The summed E-state index contributed by atoms with van der Waals surface area (Å²) >= 11 is 1.65. The van der Waals surface area contributed by atoms with Crippen molar-refractivity contribution in [1.29, 1.82) is 0 Å². The van der Waals surface area contributed by atoms with Crippen LogP contribution in [0.1, 0.15) is 22.4 Å². The van der Waals surface area contributed by atoms with E-state index in [1.165, 1.54) is 10.4 Å². The molecule has 0 bridgehead atoms. The number of hydrogen-bond acceptors (Lipinski definition) is 5. The molecule has 1 aliphatic heterocycles. The lowest BCUT2D eigenvalue weighted by Crippen LogP contribution is -2.56. The number of amides is 2. The van der Waals surface area contributed by atoms with E-state index < -0.39 is 6.04 Å². The van der Waals surface area contributed by atoms with Crippen molar-refractivity contribution in [3.8, 4) is 0 Å². The van der Waals surface area contributed by atoms with Gasteiger partial charge in [-0.3, -0.25) is 14.5 Å². The molecule has 0 aromatic carbocycles. The summed E-state index contributed by atoms with van der Waals surface area (Å²) in [6, 6.07) is 3.50. The number of carbonyl (C=O) groups is 2. The number of piperazine rings is 1. The molecule has 1 fully saturated rings. The first-order chi connectivity index (χ1) is 12.0. The normalized spacial score (nSPS) is 18.2. The molecule has 7 heteroatoms. The van der Waals surface area contributed by atoms with Gasteiger partial charge in [-0.25, -0.2) is 0 Å². The molecule has 2 aromatic heterocycles. The number of hydrogen-bond donors (Lipinski definition) is 1. The minimum absolute atomic E-state index is 0.0213. The molecule has 2 aromatic rings. The van der Waals surface area contributed by atoms with Crippen molar-refractivity contribution in [2.75, 3.05) is 20.1 Å². The van der Waals surface area contributed by atoms with E-state index in [-0.39, 0.29) is 18.2 Å². The molecule has 1 atom stereocenters. The molecule has 6 nitrogen and oxygen atoms in total. The molecule has 134 valence electrons. The summed E-state index contributed by atoms with van der Waals surface area (Å²) in [5.74, 6) is -0.101. The Balaban J connectivity index is 1.64. The van der Waals surface area contributed by atoms with Crippen LogP contribution in [-0.2, 0) is 22.7 Å². The summed E-state index contributed by atoms with van der Waals surface area (Å²) in [7, 11) is 1.79. The Kier molecular flexibility index (Phi) is 5.55. The maximum atomic E-state index is 12.6. The standard InChI is InChI=1S/C18H23N3O3S/c1-13-4-8-25-16(13)11-20(2)17(22)9-15-18(23)19-5-6-21(15)10-14-3-7-24-12-14/h3-4,7-8,12,15H,5-6,9-11H2,1-2H3,(H,19,23). The summed E-state index contributed by atoms with van der Waals surface area (Å²) in [5.41, 5.74) is 2.20. The highest BCUT2D eigenvalue weighted by atomic mass is 32.1. The molecule has 0 aliphatic carbocycles. The first-order valence-electron chi connectivity index (χ1n) is 8.34. The SMILES string of the molecule is Cc1ccsc1CN(C)C(=O)CC1C(=O)NCCN1Cc1ccoc1. The molecule has 0 saturated carbocycles. The van der Waals surface area contributed by atoms with E-state index in [0.29, 0.717) is 19.6 Å². The van der Waals surface area contributed by atoms with Crippen molar-refractivity contribution in [3.63, 3.8) is 0 Å². The van der Waals surface area contributed by atoms with Gasteiger partial charge in [-0.05, 0) is 30.0 Å². The maximum absolute atomic E-state index is 12.6. The van der Waals surface area contributed by atoms with Crippen molar-refractivity contribution >= 4 is 23.2 Å². The second-order valence-corrected chi connectivity index (χ2v) is 7.39. The quantitative estimate of drug-likeness (QED) is 0.855. The average molecular weight is 361 g/mol. The van der Waals surface area contributed by atoms with Crippen LogP contribution in [0, 0.1) is 6.92 Å². The molecule has 0 radical (unpaired) electrons. The van der Waals surface area contributed by atoms with Crippen molar-refractivity contribution in [2.24, 2.45) is 0 Å². The Bertz CT molecular complexity index is 726. The average Bonchev–Trinajstić information content (AvgIpc) is 3.23. The number of carbonyl (C=O) groups excluding carboxylic acids is 2. The lowest BCUT2D eigenvalue weighted by molar-refractivity contribution is -0.138. The Morgan fingerprint density at radius 1 is 1.48 bits per heavy atom. The zero-order valence-corrected chi connectivity index (χ0v) is 15.3. The fourth-order valence-electron chi connectivity index (χ4n) is 2.98. The van der Waals surface area contributed by atoms with E-state index in [1.807, 2.05) is 23.3 Å². The fourth-order valence-corrected chi connectivity index (χ4v) is 3.94. The van der Waals surface area contributed by atoms with Gasteiger partial charge >= 0.3 is 0 Å².